The molecule has 6 heteroatoms. The van der Waals surface area contributed by atoms with Gasteiger partial charge >= 0.3 is 0 Å². The first-order valence-electron chi connectivity index (χ1n) is 6.82. The molecule has 0 saturated carbocycles. The largest absolute Gasteiger partial charge is 0.356 e. The number of carbonyl (C=O) groups excluding carboxylic acids is 1. The van der Waals surface area contributed by atoms with Gasteiger partial charge in [0.15, 0.2) is 5.96 Å². The van der Waals surface area contributed by atoms with Crippen LogP contribution < -0.4 is 10.6 Å². The van der Waals surface area contributed by atoms with Crippen LogP contribution in [0.2, 0.25) is 0 Å². The minimum absolute atomic E-state index is 0. The molecule has 1 amide bonds. The fraction of sp³-hybridized carbons (Fsp3) is 0.467. The van der Waals surface area contributed by atoms with Crippen LogP contribution in [0.25, 0.3) is 0 Å². The monoisotopic (exact) mass is 404 g/mol. The van der Waals surface area contributed by atoms with Gasteiger partial charge in [-0.05, 0) is 12.0 Å². The Hall–Kier alpha value is -1.31. The second kappa shape index (κ2) is 11.4. The fourth-order valence-electron chi connectivity index (χ4n) is 1.70. The lowest BCUT2D eigenvalue weighted by molar-refractivity contribution is -0.128. The maximum atomic E-state index is 11.4. The first kappa shape index (κ1) is 19.7. The van der Waals surface area contributed by atoms with Gasteiger partial charge in [0, 0.05) is 40.7 Å². The molecule has 0 fully saturated rings. The summed E-state index contributed by atoms with van der Waals surface area (Å²) in [6.45, 7) is 1.40. The zero-order chi connectivity index (χ0) is 14.8. The molecule has 0 heterocycles. The molecule has 0 aliphatic carbocycles. The predicted molar refractivity (Wildman–Crippen MR) is 98.2 cm³/mol. The van der Waals surface area contributed by atoms with Crippen molar-refractivity contribution in [1.82, 2.24) is 15.5 Å². The van der Waals surface area contributed by atoms with Gasteiger partial charge in [-0.25, -0.2) is 0 Å². The SMILES string of the molecule is CN=C(NCCC(=O)N(C)C)NCCc1ccccc1.I. The number of amides is 1. The quantitative estimate of drug-likeness (QED) is 0.429. The molecule has 0 aromatic heterocycles. The number of hydrogen-bond donors (Lipinski definition) is 2. The highest BCUT2D eigenvalue weighted by Gasteiger charge is 2.04. The third kappa shape index (κ3) is 8.54. The molecule has 2 N–H and O–H groups in total. The van der Waals surface area contributed by atoms with Crippen molar-refractivity contribution in [2.45, 2.75) is 12.8 Å². The van der Waals surface area contributed by atoms with E-state index in [0.717, 1.165) is 18.9 Å². The predicted octanol–water partition coefficient (Wildman–Crippen LogP) is 1.49. The van der Waals surface area contributed by atoms with Gasteiger partial charge in [0.1, 0.15) is 0 Å². The first-order chi connectivity index (χ1) is 9.63. The van der Waals surface area contributed by atoms with E-state index in [1.54, 1.807) is 26.0 Å². The van der Waals surface area contributed by atoms with Gasteiger partial charge in [0.2, 0.25) is 5.91 Å². The molecule has 1 aromatic rings. The molecule has 5 nitrogen and oxygen atoms in total. The highest BCUT2D eigenvalue weighted by molar-refractivity contribution is 14.0. The highest BCUT2D eigenvalue weighted by atomic mass is 127. The Morgan fingerprint density at radius 2 is 1.76 bits per heavy atom. The van der Waals surface area contributed by atoms with E-state index in [0.29, 0.717) is 13.0 Å². The van der Waals surface area contributed by atoms with Crippen LogP contribution in [0.1, 0.15) is 12.0 Å². The number of hydrogen-bond acceptors (Lipinski definition) is 2. The summed E-state index contributed by atoms with van der Waals surface area (Å²) in [7, 11) is 5.25. The molecule has 0 radical (unpaired) electrons. The molecule has 0 bridgehead atoms. The van der Waals surface area contributed by atoms with Crippen LogP contribution in [0.4, 0.5) is 0 Å². The number of nitrogens with one attached hydrogen (secondary N) is 2. The summed E-state index contributed by atoms with van der Waals surface area (Å²) < 4.78 is 0. The van der Waals surface area contributed by atoms with Crippen molar-refractivity contribution in [2.24, 2.45) is 4.99 Å². The van der Waals surface area contributed by atoms with Gasteiger partial charge in [0.05, 0.1) is 0 Å². The number of benzene rings is 1. The van der Waals surface area contributed by atoms with Crippen LogP contribution in [0.3, 0.4) is 0 Å². The molecule has 1 rings (SSSR count). The van der Waals surface area contributed by atoms with E-state index < -0.39 is 0 Å². The van der Waals surface area contributed by atoms with Crippen LogP contribution in [0.15, 0.2) is 35.3 Å². The van der Waals surface area contributed by atoms with Crippen molar-refractivity contribution in [3.63, 3.8) is 0 Å². The van der Waals surface area contributed by atoms with Gasteiger partial charge in [-0.3, -0.25) is 9.79 Å². The van der Waals surface area contributed by atoms with Crippen molar-refractivity contribution in [3.05, 3.63) is 35.9 Å². The Balaban J connectivity index is 0.00000400. The van der Waals surface area contributed by atoms with Crippen LogP contribution in [-0.4, -0.2) is 51.0 Å². The lowest BCUT2D eigenvalue weighted by Crippen LogP contribution is -2.40. The molecule has 1 aromatic carbocycles. The summed E-state index contributed by atoms with van der Waals surface area (Å²) in [4.78, 5) is 17.2. The number of nitrogens with zero attached hydrogens (tertiary/aromatic N) is 2. The van der Waals surface area contributed by atoms with Gasteiger partial charge < -0.3 is 15.5 Å². The Morgan fingerprint density at radius 3 is 2.33 bits per heavy atom. The van der Waals surface area contributed by atoms with E-state index in [-0.39, 0.29) is 29.9 Å². The zero-order valence-electron chi connectivity index (χ0n) is 12.9. The summed E-state index contributed by atoms with van der Waals surface area (Å²) in [6.07, 6.45) is 1.41. The van der Waals surface area contributed by atoms with E-state index in [1.165, 1.54) is 5.56 Å². The van der Waals surface area contributed by atoms with Crippen molar-refractivity contribution in [3.8, 4) is 0 Å². The number of guanidine groups is 1. The molecule has 0 spiro atoms. The molecule has 118 valence electrons. The molecule has 0 unspecified atom stereocenters. The van der Waals surface area contributed by atoms with Gasteiger partial charge in [0.25, 0.3) is 0 Å². The molecule has 0 atom stereocenters. The third-order valence-electron chi connectivity index (χ3n) is 2.90. The molecule has 0 aliphatic heterocycles. The topological polar surface area (TPSA) is 56.7 Å². The average molecular weight is 404 g/mol. The Bertz CT molecular complexity index is 435. The molecular formula is C15H25IN4O. The second-order valence-electron chi connectivity index (χ2n) is 4.70. The van der Waals surface area contributed by atoms with E-state index >= 15 is 0 Å². The van der Waals surface area contributed by atoms with E-state index in [9.17, 15) is 4.79 Å². The lowest BCUT2D eigenvalue weighted by atomic mass is 10.1. The number of halogens is 1. The minimum atomic E-state index is 0. The zero-order valence-corrected chi connectivity index (χ0v) is 15.3. The maximum absolute atomic E-state index is 11.4. The standard InChI is InChI=1S/C15H24N4O.HI/c1-16-15(18-12-10-14(20)19(2)3)17-11-9-13-7-5-4-6-8-13;/h4-8H,9-12H2,1-3H3,(H2,16,17,18);1H. The van der Waals surface area contributed by atoms with Gasteiger partial charge in [-0.2, -0.15) is 0 Å². The minimum Gasteiger partial charge on any atom is -0.356 e. The summed E-state index contributed by atoms with van der Waals surface area (Å²) in [6, 6.07) is 10.3. The fourth-order valence-corrected chi connectivity index (χ4v) is 1.70. The second-order valence-corrected chi connectivity index (χ2v) is 4.70. The van der Waals surface area contributed by atoms with Crippen LogP contribution in [0.5, 0.6) is 0 Å². The van der Waals surface area contributed by atoms with E-state index in [1.807, 2.05) is 18.2 Å². The number of aliphatic imine (C=N–C) groups is 1. The first-order valence-corrected chi connectivity index (χ1v) is 6.82. The molecule has 0 aliphatic rings. The Kier molecular flexibility index (Phi) is 10.7. The third-order valence-corrected chi connectivity index (χ3v) is 2.90. The summed E-state index contributed by atoms with van der Waals surface area (Å²) in [5.74, 6) is 0.838. The van der Waals surface area contributed by atoms with Gasteiger partial charge in [-0.15, -0.1) is 24.0 Å². The van der Waals surface area contributed by atoms with Crippen LogP contribution in [0, 0.1) is 0 Å². The molecule has 0 saturated heterocycles. The average Bonchev–Trinajstić information content (AvgIpc) is 2.46. The molecular weight excluding hydrogens is 379 g/mol. The normalized spacial score (nSPS) is 10.5. The molecule has 21 heavy (non-hydrogen) atoms. The smallest absolute Gasteiger partial charge is 0.223 e. The number of rotatable bonds is 6. The van der Waals surface area contributed by atoms with Gasteiger partial charge in [-0.1, -0.05) is 30.3 Å². The van der Waals surface area contributed by atoms with Crippen LogP contribution >= 0.6 is 24.0 Å². The summed E-state index contributed by atoms with van der Waals surface area (Å²) >= 11 is 0. The highest BCUT2D eigenvalue weighted by Crippen LogP contribution is 1.97. The Morgan fingerprint density at radius 1 is 1.14 bits per heavy atom. The summed E-state index contributed by atoms with van der Waals surface area (Å²) in [5.41, 5.74) is 1.29. The van der Waals surface area contributed by atoms with E-state index in [2.05, 4.69) is 27.8 Å². The maximum Gasteiger partial charge on any atom is 0.223 e. The van der Waals surface area contributed by atoms with Crippen molar-refractivity contribution < 1.29 is 4.79 Å². The Labute approximate surface area is 144 Å². The lowest BCUT2D eigenvalue weighted by Gasteiger charge is -2.13. The van der Waals surface area contributed by atoms with Crippen molar-refractivity contribution in [2.75, 3.05) is 34.2 Å². The number of carbonyl (C=O) groups is 1. The van der Waals surface area contributed by atoms with Crippen molar-refractivity contribution in [1.29, 1.82) is 0 Å². The van der Waals surface area contributed by atoms with E-state index in [4.69, 9.17) is 0 Å². The summed E-state index contributed by atoms with van der Waals surface area (Å²) in [5, 5.41) is 6.37. The van der Waals surface area contributed by atoms with Crippen LogP contribution in [-0.2, 0) is 11.2 Å². The van der Waals surface area contributed by atoms with Crippen molar-refractivity contribution >= 4 is 35.8 Å².